The van der Waals surface area contributed by atoms with E-state index in [9.17, 15) is 4.39 Å². The molecule has 3 N–H and O–H groups in total. The molecular weight excluding hydrogens is 381 g/mol. The highest BCUT2D eigenvalue weighted by Gasteiger charge is 2.20. The Morgan fingerprint density at radius 1 is 1.03 bits per heavy atom. The quantitative estimate of drug-likeness (QED) is 0.680. The fraction of sp³-hybridized carbons (Fsp3) is 0.182. The predicted molar refractivity (Wildman–Crippen MR) is 117 cm³/mol. The SMILES string of the molecule is CN1CCN=C(C(=C(N)c2ccc(F)cc2)c2ccnc(Nc3ccncn3)c2)C1. The Balaban J connectivity index is 1.78. The molecule has 0 fully saturated rings. The lowest BCUT2D eigenvalue weighted by Gasteiger charge is -2.25. The molecule has 0 unspecified atom stereocenters. The summed E-state index contributed by atoms with van der Waals surface area (Å²) in [4.78, 5) is 19.4. The van der Waals surface area contributed by atoms with E-state index in [1.165, 1.54) is 18.5 Å². The molecule has 0 saturated carbocycles. The van der Waals surface area contributed by atoms with Gasteiger partial charge in [-0.1, -0.05) is 0 Å². The van der Waals surface area contributed by atoms with Crippen LogP contribution in [-0.4, -0.2) is 52.2 Å². The number of nitrogens with two attached hydrogens (primary N) is 1. The second kappa shape index (κ2) is 8.79. The molecular formula is C22H22FN7. The number of anilines is 2. The summed E-state index contributed by atoms with van der Waals surface area (Å²) in [7, 11) is 2.05. The van der Waals surface area contributed by atoms with Crippen molar-refractivity contribution in [3.05, 3.63) is 78.1 Å². The van der Waals surface area contributed by atoms with Crippen molar-refractivity contribution in [3.8, 4) is 0 Å². The molecule has 7 nitrogen and oxygen atoms in total. The van der Waals surface area contributed by atoms with Gasteiger partial charge >= 0.3 is 0 Å². The highest BCUT2D eigenvalue weighted by molar-refractivity contribution is 6.31. The molecule has 0 aliphatic carbocycles. The van der Waals surface area contributed by atoms with Crippen LogP contribution in [0, 0.1) is 5.82 Å². The van der Waals surface area contributed by atoms with E-state index in [2.05, 4.69) is 32.2 Å². The summed E-state index contributed by atoms with van der Waals surface area (Å²) >= 11 is 0. The van der Waals surface area contributed by atoms with Crippen LogP contribution in [0.2, 0.25) is 0 Å². The van der Waals surface area contributed by atoms with Crippen molar-refractivity contribution in [3.63, 3.8) is 0 Å². The molecule has 30 heavy (non-hydrogen) atoms. The number of aromatic nitrogens is 3. The Kier molecular flexibility index (Phi) is 5.76. The second-order valence-corrected chi connectivity index (χ2v) is 7.01. The maximum atomic E-state index is 13.4. The lowest BCUT2D eigenvalue weighted by atomic mass is 9.95. The number of hydrogen-bond acceptors (Lipinski definition) is 7. The average Bonchev–Trinajstić information content (AvgIpc) is 2.75. The van der Waals surface area contributed by atoms with Crippen molar-refractivity contribution in [2.75, 3.05) is 32.0 Å². The second-order valence-electron chi connectivity index (χ2n) is 7.01. The fourth-order valence-corrected chi connectivity index (χ4v) is 3.30. The van der Waals surface area contributed by atoms with Crippen molar-refractivity contribution in [2.45, 2.75) is 0 Å². The van der Waals surface area contributed by atoms with Crippen LogP contribution in [0.25, 0.3) is 11.3 Å². The smallest absolute Gasteiger partial charge is 0.134 e. The molecule has 0 spiro atoms. The number of nitrogens with one attached hydrogen (secondary N) is 1. The summed E-state index contributed by atoms with van der Waals surface area (Å²) in [6.45, 7) is 2.27. The standard InChI is InChI=1S/C22H22FN7/c1-30-11-10-26-18(13-30)21(22(24)15-2-4-17(23)5-3-15)16-6-9-27-20(12-16)29-19-7-8-25-14-28-19/h2-9,12,14H,10-11,13,24H2,1H3,(H,25,27,28,29). The minimum Gasteiger partial charge on any atom is -0.398 e. The van der Waals surface area contributed by atoms with E-state index in [0.717, 1.165) is 29.0 Å². The normalized spacial score (nSPS) is 15.3. The molecule has 3 heterocycles. The highest BCUT2D eigenvalue weighted by Crippen LogP contribution is 2.27. The monoisotopic (exact) mass is 403 g/mol. The first kappa shape index (κ1) is 19.7. The zero-order valence-corrected chi connectivity index (χ0v) is 16.6. The highest BCUT2D eigenvalue weighted by atomic mass is 19.1. The van der Waals surface area contributed by atoms with Crippen molar-refractivity contribution in [2.24, 2.45) is 10.7 Å². The number of aliphatic imine (C=N–C) groups is 1. The van der Waals surface area contributed by atoms with Gasteiger partial charge in [0.05, 0.1) is 12.3 Å². The van der Waals surface area contributed by atoms with Gasteiger partial charge in [0.2, 0.25) is 0 Å². The number of likely N-dealkylation sites (N-methyl/N-ethyl adjacent to an activating group) is 1. The maximum Gasteiger partial charge on any atom is 0.134 e. The third-order valence-corrected chi connectivity index (χ3v) is 4.80. The molecule has 1 aromatic carbocycles. The maximum absolute atomic E-state index is 13.4. The number of pyridine rings is 1. The van der Waals surface area contributed by atoms with E-state index in [-0.39, 0.29) is 5.82 Å². The van der Waals surface area contributed by atoms with Crippen LogP contribution >= 0.6 is 0 Å². The molecule has 0 atom stereocenters. The Hall–Kier alpha value is -3.65. The Morgan fingerprint density at radius 3 is 2.60 bits per heavy atom. The summed E-state index contributed by atoms with van der Waals surface area (Å²) < 4.78 is 13.4. The lowest BCUT2D eigenvalue weighted by molar-refractivity contribution is 0.380. The summed E-state index contributed by atoms with van der Waals surface area (Å²) in [5.41, 5.74) is 10.5. The topological polar surface area (TPSA) is 92.3 Å². The van der Waals surface area contributed by atoms with Gasteiger partial charge in [-0.05, 0) is 60.6 Å². The van der Waals surface area contributed by atoms with Gasteiger partial charge in [0.25, 0.3) is 0 Å². The van der Waals surface area contributed by atoms with Gasteiger partial charge < -0.3 is 11.1 Å². The third-order valence-electron chi connectivity index (χ3n) is 4.80. The van der Waals surface area contributed by atoms with Gasteiger partial charge in [-0.15, -0.1) is 0 Å². The zero-order valence-electron chi connectivity index (χ0n) is 16.6. The van der Waals surface area contributed by atoms with E-state index < -0.39 is 0 Å². The van der Waals surface area contributed by atoms with Gasteiger partial charge in [-0.2, -0.15) is 0 Å². The van der Waals surface area contributed by atoms with Gasteiger partial charge in [0.15, 0.2) is 0 Å². The Labute approximate surface area is 174 Å². The van der Waals surface area contributed by atoms with E-state index >= 15 is 0 Å². The summed E-state index contributed by atoms with van der Waals surface area (Å²) in [5, 5.41) is 3.17. The van der Waals surface area contributed by atoms with E-state index in [1.807, 2.05) is 12.1 Å². The first-order chi connectivity index (χ1) is 14.6. The minimum atomic E-state index is -0.303. The van der Waals surface area contributed by atoms with Crippen LogP contribution in [0.5, 0.6) is 0 Å². The lowest BCUT2D eigenvalue weighted by Crippen LogP contribution is -2.34. The first-order valence-electron chi connectivity index (χ1n) is 9.57. The van der Waals surface area contributed by atoms with E-state index in [4.69, 9.17) is 10.7 Å². The molecule has 0 amide bonds. The van der Waals surface area contributed by atoms with Crippen LogP contribution in [0.15, 0.2) is 66.2 Å². The van der Waals surface area contributed by atoms with Crippen molar-refractivity contribution < 1.29 is 4.39 Å². The van der Waals surface area contributed by atoms with Crippen LogP contribution in [0.3, 0.4) is 0 Å². The number of halogens is 1. The molecule has 152 valence electrons. The number of nitrogens with zero attached hydrogens (tertiary/aromatic N) is 5. The Morgan fingerprint density at radius 2 is 1.87 bits per heavy atom. The third kappa shape index (κ3) is 4.49. The van der Waals surface area contributed by atoms with Crippen molar-refractivity contribution in [1.29, 1.82) is 0 Å². The Bertz CT molecular complexity index is 1080. The summed E-state index contributed by atoms with van der Waals surface area (Å²) in [6, 6.07) is 11.7. The number of rotatable bonds is 5. The van der Waals surface area contributed by atoms with Crippen LogP contribution in [0.1, 0.15) is 11.1 Å². The number of hydrogen-bond donors (Lipinski definition) is 2. The van der Waals surface area contributed by atoms with Crippen LogP contribution < -0.4 is 11.1 Å². The molecule has 0 bridgehead atoms. The first-order valence-corrected chi connectivity index (χ1v) is 9.57. The molecule has 0 saturated heterocycles. The van der Waals surface area contributed by atoms with Gasteiger partial charge in [0.1, 0.15) is 23.8 Å². The molecule has 1 aliphatic heterocycles. The van der Waals surface area contributed by atoms with Gasteiger partial charge in [0, 0.05) is 36.8 Å². The molecule has 0 radical (unpaired) electrons. The largest absolute Gasteiger partial charge is 0.398 e. The molecule has 1 aliphatic rings. The van der Waals surface area contributed by atoms with Crippen molar-refractivity contribution >= 4 is 28.6 Å². The van der Waals surface area contributed by atoms with E-state index in [1.54, 1.807) is 30.6 Å². The van der Waals surface area contributed by atoms with Crippen LogP contribution in [-0.2, 0) is 0 Å². The van der Waals surface area contributed by atoms with Gasteiger partial charge in [-0.25, -0.2) is 19.3 Å². The summed E-state index contributed by atoms with van der Waals surface area (Å²) in [5.74, 6) is 0.963. The van der Waals surface area contributed by atoms with E-state index in [0.29, 0.717) is 30.4 Å². The van der Waals surface area contributed by atoms with Gasteiger partial charge in [-0.3, -0.25) is 9.89 Å². The molecule has 4 rings (SSSR count). The fourth-order valence-electron chi connectivity index (χ4n) is 3.30. The minimum absolute atomic E-state index is 0.303. The predicted octanol–water partition coefficient (Wildman–Crippen LogP) is 2.97. The summed E-state index contributed by atoms with van der Waals surface area (Å²) in [6.07, 6.45) is 4.84. The molecule has 3 aromatic rings. The van der Waals surface area contributed by atoms with Crippen LogP contribution in [0.4, 0.5) is 16.0 Å². The average molecular weight is 403 g/mol. The molecule has 8 heteroatoms. The zero-order chi connectivity index (χ0) is 20.9. The van der Waals surface area contributed by atoms with Crippen molar-refractivity contribution in [1.82, 2.24) is 19.9 Å². The number of benzene rings is 1. The molecule has 2 aromatic heterocycles.